The molecule has 1 fully saturated rings. The van der Waals surface area contributed by atoms with E-state index in [2.05, 4.69) is 6.07 Å². The zero-order valence-corrected chi connectivity index (χ0v) is 17.6. The summed E-state index contributed by atoms with van der Waals surface area (Å²) in [5.74, 6) is -0.905. The summed E-state index contributed by atoms with van der Waals surface area (Å²) >= 11 is 1.71. The number of carbonyl (C=O) groups excluding carboxylic acids is 1. The van der Waals surface area contributed by atoms with Crippen molar-refractivity contribution in [2.45, 2.75) is 57.3 Å². The van der Waals surface area contributed by atoms with Crippen LogP contribution in [0.5, 0.6) is 0 Å². The molecule has 2 aromatic rings. The lowest BCUT2D eigenvalue weighted by Gasteiger charge is -2.41. The Hall–Kier alpha value is -1.90. The lowest BCUT2D eigenvalue weighted by molar-refractivity contribution is -0.189. The standard InChI is InChI=1S/C22H25F3N2O2S/c1-14-13-17-18(30-14)8-11-26(21(17)15-4-6-16(23)7-5-15)19(28)9-12-27-20(29)3-2-10-22(27,24)25/h4-7,13,19,21,28H,2-3,8-12H2,1H3/t19?,21-/m0/s1. The van der Waals surface area contributed by atoms with Crippen LogP contribution in [0.3, 0.4) is 0 Å². The van der Waals surface area contributed by atoms with Crippen molar-refractivity contribution in [3.63, 3.8) is 0 Å². The topological polar surface area (TPSA) is 43.8 Å². The molecule has 0 radical (unpaired) electrons. The van der Waals surface area contributed by atoms with Gasteiger partial charge in [-0.05, 0) is 49.1 Å². The normalized spacial score (nSPS) is 22.8. The minimum absolute atomic E-state index is 0.0253. The molecule has 4 rings (SSSR count). The number of thiophene rings is 1. The van der Waals surface area contributed by atoms with Crippen molar-refractivity contribution in [2.75, 3.05) is 13.1 Å². The predicted molar refractivity (Wildman–Crippen MR) is 109 cm³/mol. The molecule has 0 saturated carbocycles. The number of likely N-dealkylation sites (tertiary alicyclic amines) is 1. The summed E-state index contributed by atoms with van der Waals surface area (Å²) < 4.78 is 41.8. The van der Waals surface area contributed by atoms with E-state index in [1.54, 1.807) is 23.5 Å². The molecule has 1 saturated heterocycles. The zero-order valence-electron chi connectivity index (χ0n) is 16.8. The lowest BCUT2D eigenvalue weighted by atomic mass is 9.92. The number of amides is 1. The van der Waals surface area contributed by atoms with Crippen molar-refractivity contribution in [1.82, 2.24) is 9.80 Å². The maximum Gasteiger partial charge on any atom is 0.327 e. The minimum atomic E-state index is -3.16. The van der Waals surface area contributed by atoms with E-state index < -0.39 is 18.2 Å². The summed E-state index contributed by atoms with van der Waals surface area (Å²) in [5.41, 5.74) is 1.90. The molecule has 0 spiro atoms. The highest BCUT2D eigenvalue weighted by Gasteiger charge is 2.43. The number of alkyl halides is 2. The van der Waals surface area contributed by atoms with Gasteiger partial charge in [0.05, 0.1) is 6.04 Å². The molecule has 4 nitrogen and oxygen atoms in total. The van der Waals surface area contributed by atoms with Crippen molar-refractivity contribution in [3.8, 4) is 0 Å². The van der Waals surface area contributed by atoms with Gasteiger partial charge >= 0.3 is 6.05 Å². The highest BCUT2D eigenvalue weighted by molar-refractivity contribution is 7.12. The molecule has 0 bridgehead atoms. The number of nitrogens with zero attached hydrogens (tertiary/aromatic N) is 2. The van der Waals surface area contributed by atoms with E-state index >= 15 is 0 Å². The van der Waals surface area contributed by atoms with E-state index in [9.17, 15) is 23.1 Å². The van der Waals surface area contributed by atoms with Crippen LogP contribution in [0.4, 0.5) is 13.2 Å². The molecule has 8 heteroatoms. The minimum Gasteiger partial charge on any atom is -0.378 e. The Bertz CT molecular complexity index is 916. The predicted octanol–water partition coefficient (Wildman–Crippen LogP) is 4.46. The number of hydrogen-bond acceptors (Lipinski definition) is 4. The SMILES string of the molecule is Cc1cc2c(s1)CCN(C(O)CCN1C(=O)CCCC1(F)F)[C@H]2c1ccc(F)cc1. The maximum absolute atomic E-state index is 14.2. The number of fused-ring (bicyclic) bond motifs is 1. The van der Waals surface area contributed by atoms with E-state index in [1.807, 2.05) is 11.8 Å². The molecule has 2 aliphatic heterocycles. The molecular weight excluding hydrogens is 413 g/mol. The molecule has 30 heavy (non-hydrogen) atoms. The molecule has 0 aliphatic carbocycles. The van der Waals surface area contributed by atoms with Gasteiger partial charge < -0.3 is 5.11 Å². The molecule has 2 atom stereocenters. The molecule has 2 aliphatic rings. The van der Waals surface area contributed by atoms with E-state index in [-0.39, 0.29) is 44.1 Å². The summed E-state index contributed by atoms with van der Waals surface area (Å²) in [5, 5.41) is 11.0. The molecule has 1 aromatic heterocycles. The van der Waals surface area contributed by atoms with Crippen LogP contribution in [0.1, 0.15) is 52.6 Å². The summed E-state index contributed by atoms with van der Waals surface area (Å²) in [6.07, 6.45) is -0.263. The van der Waals surface area contributed by atoms with Gasteiger partial charge in [-0.2, -0.15) is 8.78 Å². The van der Waals surface area contributed by atoms with Gasteiger partial charge in [-0.3, -0.25) is 14.6 Å². The number of benzene rings is 1. The van der Waals surface area contributed by atoms with Crippen LogP contribution in [0.2, 0.25) is 0 Å². The Kier molecular flexibility index (Phi) is 5.92. The van der Waals surface area contributed by atoms with Gasteiger partial charge in [-0.1, -0.05) is 12.1 Å². The summed E-state index contributed by atoms with van der Waals surface area (Å²) in [6, 6.07) is 4.81. The molecule has 1 amide bonds. The van der Waals surface area contributed by atoms with Crippen molar-refractivity contribution < 1.29 is 23.1 Å². The maximum atomic E-state index is 14.2. The fourth-order valence-corrected chi connectivity index (χ4v) is 5.54. The van der Waals surface area contributed by atoms with Gasteiger partial charge in [0.1, 0.15) is 12.0 Å². The number of aliphatic hydroxyl groups excluding tert-OH is 1. The summed E-state index contributed by atoms with van der Waals surface area (Å²) in [7, 11) is 0. The lowest BCUT2D eigenvalue weighted by Crippen LogP contribution is -2.51. The molecule has 1 unspecified atom stereocenters. The Labute approximate surface area is 177 Å². The number of aliphatic hydroxyl groups is 1. The zero-order chi connectivity index (χ0) is 21.5. The first-order chi connectivity index (χ1) is 14.3. The number of hydrogen-bond donors (Lipinski definition) is 1. The Balaban J connectivity index is 1.56. The highest BCUT2D eigenvalue weighted by atomic mass is 32.1. The third-order valence-corrected chi connectivity index (χ3v) is 7.06. The first kappa shape index (κ1) is 21.3. The van der Waals surface area contributed by atoms with Gasteiger partial charge in [-0.15, -0.1) is 11.3 Å². The second-order valence-corrected chi connectivity index (χ2v) is 9.35. The summed E-state index contributed by atoms with van der Waals surface area (Å²) in [6.45, 7) is 2.38. The van der Waals surface area contributed by atoms with Gasteiger partial charge in [-0.25, -0.2) is 4.39 Å². The number of piperidine rings is 1. The van der Waals surface area contributed by atoms with Gasteiger partial charge in [0, 0.05) is 42.1 Å². The van der Waals surface area contributed by atoms with Crippen LogP contribution >= 0.6 is 11.3 Å². The number of aryl methyl sites for hydroxylation is 1. The number of rotatable bonds is 5. The van der Waals surface area contributed by atoms with E-state index in [0.717, 1.165) is 22.4 Å². The quantitative estimate of drug-likeness (QED) is 0.702. The van der Waals surface area contributed by atoms with Crippen molar-refractivity contribution in [2.24, 2.45) is 0 Å². The third-order valence-electron chi connectivity index (χ3n) is 5.93. The number of carbonyl (C=O) groups is 1. The molecule has 162 valence electrons. The number of halogens is 3. The van der Waals surface area contributed by atoms with E-state index in [1.165, 1.54) is 17.0 Å². The van der Waals surface area contributed by atoms with Crippen LogP contribution in [0.25, 0.3) is 0 Å². The van der Waals surface area contributed by atoms with Crippen molar-refractivity contribution in [1.29, 1.82) is 0 Å². The monoisotopic (exact) mass is 438 g/mol. The summed E-state index contributed by atoms with van der Waals surface area (Å²) in [4.78, 5) is 16.9. The smallest absolute Gasteiger partial charge is 0.327 e. The average Bonchev–Trinajstić information content (AvgIpc) is 3.07. The van der Waals surface area contributed by atoms with Gasteiger partial charge in [0.15, 0.2) is 0 Å². The second kappa shape index (κ2) is 8.32. The third kappa shape index (κ3) is 4.13. The first-order valence-electron chi connectivity index (χ1n) is 10.2. The van der Waals surface area contributed by atoms with Crippen LogP contribution in [-0.2, 0) is 11.2 Å². The van der Waals surface area contributed by atoms with E-state index in [0.29, 0.717) is 11.4 Å². The van der Waals surface area contributed by atoms with Crippen molar-refractivity contribution in [3.05, 3.63) is 57.0 Å². The van der Waals surface area contributed by atoms with Crippen molar-refractivity contribution >= 4 is 17.2 Å². The molecular formula is C22H25F3N2O2S. The molecule has 1 N–H and O–H groups in total. The molecule has 3 heterocycles. The molecule has 1 aromatic carbocycles. The second-order valence-electron chi connectivity index (χ2n) is 8.01. The fourth-order valence-electron chi connectivity index (χ4n) is 4.49. The first-order valence-corrected chi connectivity index (χ1v) is 11.0. The van der Waals surface area contributed by atoms with Gasteiger partial charge in [0.25, 0.3) is 0 Å². The largest absolute Gasteiger partial charge is 0.378 e. The van der Waals surface area contributed by atoms with Crippen LogP contribution in [0.15, 0.2) is 30.3 Å². The van der Waals surface area contributed by atoms with Gasteiger partial charge in [0.2, 0.25) is 5.91 Å². The van der Waals surface area contributed by atoms with Crippen LogP contribution in [0, 0.1) is 12.7 Å². The fraction of sp³-hybridized carbons (Fsp3) is 0.500. The van der Waals surface area contributed by atoms with Crippen LogP contribution in [-0.4, -0.2) is 46.2 Å². The average molecular weight is 439 g/mol. The Morgan fingerprint density at radius 1 is 1.27 bits per heavy atom. The Morgan fingerprint density at radius 3 is 2.70 bits per heavy atom. The Morgan fingerprint density at radius 2 is 2.00 bits per heavy atom. The van der Waals surface area contributed by atoms with Crippen LogP contribution < -0.4 is 0 Å². The highest BCUT2D eigenvalue weighted by Crippen LogP contribution is 2.41. The van der Waals surface area contributed by atoms with E-state index in [4.69, 9.17) is 0 Å².